The average Bonchev–Trinajstić information content (AvgIpc) is 3.18. The molecule has 7 nitrogen and oxygen atoms in total. The zero-order chi connectivity index (χ0) is 19.0. The van der Waals surface area contributed by atoms with Gasteiger partial charge >= 0.3 is 12.0 Å². The van der Waals surface area contributed by atoms with Crippen molar-refractivity contribution in [2.45, 2.75) is 31.4 Å². The van der Waals surface area contributed by atoms with Crippen molar-refractivity contribution in [2.75, 3.05) is 20.2 Å². The van der Waals surface area contributed by atoms with Crippen LogP contribution in [0.15, 0.2) is 30.5 Å². The maximum absolute atomic E-state index is 12.7. The molecule has 2 aromatic rings. The van der Waals surface area contributed by atoms with Crippen LogP contribution in [0.4, 0.5) is 4.79 Å². The van der Waals surface area contributed by atoms with Crippen molar-refractivity contribution in [1.29, 1.82) is 0 Å². The van der Waals surface area contributed by atoms with E-state index in [2.05, 4.69) is 10.3 Å². The van der Waals surface area contributed by atoms with Gasteiger partial charge in [-0.1, -0.05) is 18.2 Å². The zero-order valence-electron chi connectivity index (χ0n) is 15.4. The molecule has 4 rings (SSSR count). The lowest BCUT2D eigenvalue weighted by Gasteiger charge is -2.37. The molecule has 3 N–H and O–H groups in total. The van der Waals surface area contributed by atoms with Crippen LogP contribution in [-0.2, 0) is 16.0 Å². The third-order valence-electron chi connectivity index (χ3n) is 6.00. The monoisotopic (exact) mass is 371 g/mol. The number of carbonyl (C=O) groups excluding carboxylic acids is 1. The fourth-order valence-electron chi connectivity index (χ4n) is 4.68. The van der Waals surface area contributed by atoms with Crippen LogP contribution in [0.1, 0.15) is 18.4 Å². The third kappa shape index (κ3) is 3.39. The number of piperidine rings is 1. The lowest BCUT2D eigenvalue weighted by molar-refractivity contribution is -0.139. The Bertz CT molecular complexity index is 835. The first kappa shape index (κ1) is 17.9. The molecule has 0 radical (unpaired) electrons. The second-order valence-corrected chi connectivity index (χ2v) is 7.61. The molecule has 2 bridgehead atoms. The molecule has 1 saturated heterocycles. The van der Waals surface area contributed by atoms with Gasteiger partial charge in [0.2, 0.25) is 0 Å². The van der Waals surface area contributed by atoms with E-state index in [1.165, 1.54) is 0 Å². The Hall–Kier alpha value is -2.54. The van der Waals surface area contributed by atoms with Crippen LogP contribution in [0.5, 0.6) is 0 Å². The quantitative estimate of drug-likeness (QED) is 0.751. The van der Waals surface area contributed by atoms with E-state index in [9.17, 15) is 14.7 Å². The number of nitrogens with zero attached hydrogens (tertiary/aromatic N) is 1. The molecule has 1 aliphatic carbocycles. The number of aromatic amines is 1. The molecular weight excluding hydrogens is 346 g/mol. The fourth-order valence-corrected chi connectivity index (χ4v) is 4.68. The predicted octanol–water partition coefficient (Wildman–Crippen LogP) is 2.23. The molecule has 1 saturated carbocycles. The summed E-state index contributed by atoms with van der Waals surface area (Å²) in [7, 11) is 1.73. The molecule has 1 aromatic heterocycles. The maximum Gasteiger partial charge on any atom is 0.326 e. The van der Waals surface area contributed by atoms with Crippen molar-refractivity contribution >= 4 is 22.9 Å². The lowest BCUT2D eigenvalue weighted by Crippen LogP contribution is -2.54. The highest BCUT2D eigenvalue weighted by Gasteiger charge is 2.43. The topological polar surface area (TPSA) is 94.7 Å². The number of amides is 2. The Labute approximate surface area is 157 Å². The minimum Gasteiger partial charge on any atom is -0.480 e. The normalized spacial score (nSPS) is 25.5. The standard InChI is InChI=1S/C20H25N3O4/c1-27-18-12-6-7-13(18)11-23(10-12)20(26)22-17(19(24)25)8-14-9-21-16-5-3-2-4-15(14)16/h2-5,9,12-13,17-18,21H,6-8,10-11H2,1H3,(H,22,26)(H,24,25)/t12-,13+,17-,18?/m0/s1. The molecule has 1 unspecified atom stereocenters. The SMILES string of the molecule is COC1[C@@H]2CC[C@H]1CN(C(=O)N[C@@H](Cc1c[nH]c3ccccc13)C(=O)O)C2. The van der Waals surface area contributed by atoms with Gasteiger partial charge in [0.05, 0.1) is 6.10 Å². The van der Waals surface area contributed by atoms with E-state index in [1.807, 2.05) is 30.5 Å². The smallest absolute Gasteiger partial charge is 0.326 e. The van der Waals surface area contributed by atoms with E-state index in [0.717, 1.165) is 29.3 Å². The van der Waals surface area contributed by atoms with E-state index < -0.39 is 12.0 Å². The van der Waals surface area contributed by atoms with Gasteiger partial charge in [0.1, 0.15) is 6.04 Å². The zero-order valence-corrected chi connectivity index (χ0v) is 15.4. The van der Waals surface area contributed by atoms with E-state index in [4.69, 9.17) is 4.74 Å². The van der Waals surface area contributed by atoms with Crippen LogP contribution < -0.4 is 5.32 Å². The molecule has 7 heteroatoms. The number of ether oxygens (including phenoxy) is 1. The molecular formula is C20H25N3O4. The Kier molecular flexibility index (Phi) is 4.78. The number of aliphatic carboxylic acids is 1. The summed E-state index contributed by atoms with van der Waals surface area (Å²) in [6.07, 6.45) is 4.40. The molecule has 2 aliphatic rings. The minimum absolute atomic E-state index is 0.218. The Morgan fingerprint density at radius 2 is 2.00 bits per heavy atom. The highest BCUT2D eigenvalue weighted by atomic mass is 16.5. The van der Waals surface area contributed by atoms with Crippen LogP contribution >= 0.6 is 0 Å². The molecule has 27 heavy (non-hydrogen) atoms. The first-order valence-electron chi connectivity index (χ1n) is 9.43. The van der Waals surface area contributed by atoms with E-state index in [0.29, 0.717) is 24.9 Å². The number of hydrogen-bond donors (Lipinski definition) is 3. The number of para-hydroxylation sites is 1. The van der Waals surface area contributed by atoms with Gasteiger partial charge in [-0.25, -0.2) is 9.59 Å². The van der Waals surface area contributed by atoms with Crippen LogP contribution in [0.25, 0.3) is 10.9 Å². The minimum atomic E-state index is -1.02. The molecule has 2 heterocycles. The number of hydrogen-bond acceptors (Lipinski definition) is 3. The number of methoxy groups -OCH3 is 1. The second-order valence-electron chi connectivity index (χ2n) is 7.61. The van der Waals surface area contributed by atoms with E-state index in [-0.39, 0.29) is 18.6 Å². The van der Waals surface area contributed by atoms with Gasteiger partial charge in [-0.3, -0.25) is 0 Å². The molecule has 144 valence electrons. The number of urea groups is 1. The van der Waals surface area contributed by atoms with Gasteiger partial charge in [0.15, 0.2) is 0 Å². The van der Waals surface area contributed by atoms with Crippen molar-refractivity contribution in [1.82, 2.24) is 15.2 Å². The molecule has 2 amide bonds. The molecule has 0 spiro atoms. The van der Waals surface area contributed by atoms with Gasteiger partial charge in [-0.15, -0.1) is 0 Å². The number of likely N-dealkylation sites (tertiary alicyclic amines) is 1. The van der Waals surface area contributed by atoms with Crippen molar-refractivity contribution in [3.8, 4) is 0 Å². The third-order valence-corrected chi connectivity index (χ3v) is 6.00. The summed E-state index contributed by atoms with van der Waals surface area (Å²) in [4.78, 5) is 29.4. The molecule has 1 aromatic carbocycles. The van der Waals surface area contributed by atoms with Crippen molar-refractivity contribution in [2.24, 2.45) is 11.8 Å². The average molecular weight is 371 g/mol. The van der Waals surface area contributed by atoms with Crippen molar-refractivity contribution in [3.05, 3.63) is 36.0 Å². The highest BCUT2D eigenvalue weighted by molar-refractivity contribution is 5.86. The van der Waals surface area contributed by atoms with Crippen LogP contribution in [-0.4, -0.2) is 59.3 Å². The number of nitrogens with one attached hydrogen (secondary N) is 2. The number of fused-ring (bicyclic) bond motifs is 3. The maximum atomic E-state index is 12.7. The number of rotatable bonds is 5. The Morgan fingerprint density at radius 3 is 2.67 bits per heavy atom. The molecule has 1 aliphatic heterocycles. The summed E-state index contributed by atoms with van der Waals surface area (Å²) in [5.41, 5.74) is 1.85. The van der Waals surface area contributed by atoms with Gasteiger partial charge in [0, 0.05) is 55.6 Å². The van der Waals surface area contributed by atoms with E-state index in [1.54, 1.807) is 12.0 Å². The molecule has 4 atom stereocenters. The highest BCUT2D eigenvalue weighted by Crippen LogP contribution is 2.38. The summed E-state index contributed by atoms with van der Waals surface area (Å²) >= 11 is 0. The summed E-state index contributed by atoms with van der Waals surface area (Å²) in [6.45, 7) is 1.25. The fraction of sp³-hybridized carbons (Fsp3) is 0.500. The summed E-state index contributed by atoms with van der Waals surface area (Å²) in [5, 5.41) is 13.3. The van der Waals surface area contributed by atoms with Gasteiger partial charge in [0.25, 0.3) is 0 Å². The number of carbonyl (C=O) groups is 2. The van der Waals surface area contributed by atoms with Crippen molar-refractivity contribution < 1.29 is 19.4 Å². The first-order valence-corrected chi connectivity index (χ1v) is 9.43. The summed E-state index contributed by atoms with van der Waals surface area (Å²) in [6, 6.07) is 6.49. The first-order chi connectivity index (χ1) is 13.1. The number of H-pyrrole nitrogens is 1. The van der Waals surface area contributed by atoms with Gasteiger partial charge in [-0.05, 0) is 24.5 Å². The number of carboxylic acid groups (broad SMARTS) is 1. The van der Waals surface area contributed by atoms with Crippen LogP contribution in [0.2, 0.25) is 0 Å². The van der Waals surface area contributed by atoms with Gasteiger partial charge in [-0.2, -0.15) is 0 Å². The Morgan fingerprint density at radius 1 is 1.30 bits per heavy atom. The second kappa shape index (κ2) is 7.23. The van der Waals surface area contributed by atoms with E-state index >= 15 is 0 Å². The summed E-state index contributed by atoms with van der Waals surface area (Å²) < 4.78 is 5.58. The largest absolute Gasteiger partial charge is 0.480 e. The number of benzene rings is 1. The van der Waals surface area contributed by atoms with Crippen LogP contribution in [0, 0.1) is 11.8 Å². The van der Waals surface area contributed by atoms with Gasteiger partial charge < -0.3 is 25.0 Å². The van der Waals surface area contributed by atoms with Crippen molar-refractivity contribution in [3.63, 3.8) is 0 Å². The lowest BCUT2D eigenvalue weighted by atomic mass is 9.95. The summed E-state index contributed by atoms with van der Waals surface area (Å²) in [5.74, 6) is -0.337. The molecule has 2 fully saturated rings. The van der Waals surface area contributed by atoms with Crippen LogP contribution in [0.3, 0.4) is 0 Å². The number of aromatic nitrogens is 1. The predicted molar refractivity (Wildman–Crippen MR) is 101 cm³/mol. The Balaban J connectivity index is 1.44. The number of carboxylic acids is 1.